The zero-order valence-corrected chi connectivity index (χ0v) is 21.0. The molecule has 8 rings (SSSR count). The summed E-state index contributed by atoms with van der Waals surface area (Å²) >= 11 is 0. The van der Waals surface area contributed by atoms with Gasteiger partial charge in [-0.15, -0.1) is 0 Å². The average Bonchev–Trinajstić information content (AvgIpc) is 3.49. The summed E-state index contributed by atoms with van der Waals surface area (Å²) in [5, 5.41) is 0. The van der Waals surface area contributed by atoms with Crippen LogP contribution in [-0.4, -0.2) is 0 Å². The molecule has 2 aliphatic carbocycles. The van der Waals surface area contributed by atoms with E-state index in [1.54, 1.807) is 0 Å². The number of hydrogen-bond donors (Lipinski definition) is 0. The van der Waals surface area contributed by atoms with Crippen LogP contribution < -0.4 is 0 Å². The van der Waals surface area contributed by atoms with Gasteiger partial charge in [0, 0.05) is 5.92 Å². The van der Waals surface area contributed by atoms with Crippen molar-refractivity contribution in [1.29, 1.82) is 0 Å². The normalized spacial score (nSPS) is 15.8. The smallest absolute Gasteiger partial charge is 0.0573 e. The lowest BCUT2D eigenvalue weighted by Gasteiger charge is -2.40. The van der Waals surface area contributed by atoms with Gasteiger partial charge >= 0.3 is 0 Å². The fourth-order valence-electron chi connectivity index (χ4n) is 7.34. The van der Waals surface area contributed by atoms with Gasteiger partial charge < -0.3 is 0 Å². The molecule has 0 saturated heterocycles. The second-order valence-corrected chi connectivity index (χ2v) is 10.4. The first-order valence-electron chi connectivity index (χ1n) is 13.4. The van der Waals surface area contributed by atoms with Crippen LogP contribution in [0, 0.1) is 0 Å². The van der Waals surface area contributed by atoms with Crippen molar-refractivity contribution in [3.05, 3.63) is 179 Å². The summed E-state index contributed by atoms with van der Waals surface area (Å²) in [4.78, 5) is 0. The lowest BCUT2D eigenvalue weighted by molar-refractivity contribution is 0.560. The minimum Gasteiger partial charge on any atom is -0.0622 e. The summed E-state index contributed by atoms with van der Waals surface area (Å²) in [6.07, 6.45) is 0. The molecule has 38 heavy (non-hydrogen) atoms. The lowest BCUT2D eigenvalue weighted by Crippen LogP contribution is -2.34. The van der Waals surface area contributed by atoms with Crippen LogP contribution in [0.2, 0.25) is 0 Å². The third-order valence-corrected chi connectivity index (χ3v) is 8.70. The van der Waals surface area contributed by atoms with Crippen molar-refractivity contribution in [2.75, 3.05) is 0 Å². The summed E-state index contributed by atoms with van der Waals surface area (Å²) in [5.41, 5.74) is 14.6. The molecular weight excluding hydrogens is 456 g/mol. The van der Waals surface area contributed by atoms with Crippen molar-refractivity contribution in [3.63, 3.8) is 0 Å². The standard InChI is InChI=1S/C38H26/c1-3-14-26(15-4-1)28-22-13-23-32-29-18-7-8-21-33(29)37(36(28)32)38(27-16-5-2-6-17-27)34-24-11-9-19-30(34)31-20-10-12-25-35(31)38/h1-25,37H. The number of rotatable bonds is 3. The van der Waals surface area contributed by atoms with E-state index in [0.717, 1.165) is 0 Å². The van der Waals surface area contributed by atoms with Crippen molar-refractivity contribution < 1.29 is 0 Å². The zero-order chi connectivity index (χ0) is 25.1. The first kappa shape index (κ1) is 21.4. The molecule has 0 aliphatic heterocycles. The number of fused-ring (bicyclic) bond motifs is 6. The van der Waals surface area contributed by atoms with E-state index >= 15 is 0 Å². The second-order valence-electron chi connectivity index (χ2n) is 10.4. The zero-order valence-electron chi connectivity index (χ0n) is 21.0. The molecule has 0 fully saturated rings. The van der Waals surface area contributed by atoms with E-state index in [1.807, 2.05) is 0 Å². The maximum atomic E-state index is 2.37. The van der Waals surface area contributed by atoms with Gasteiger partial charge in [0.15, 0.2) is 0 Å². The summed E-state index contributed by atoms with van der Waals surface area (Å²) in [5.74, 6) is 0.123. The monoisotopic (exact) mass is 482 g/mol. The van der Waals surface area contributed by atoms with E-state index in [9.17, 15) is 0 Å². The summed E-state index contributed by atoms with van der Waals surface area (Å²) < 4.78 is 0. The molecule has 178 valence electrons. The van der Waals surface area contributed by atoms with E-state index in [4.69, 9.17) is 0 Å². The van der Waals surface area contributed by atoms with Crippen molar-refractivity contribution >= 4 is 0 Å². The minimum absolute atomic E-state index is 0.123. The van der Waals surface area contributed by atoms with Crippen molar-refractivity contribution in [2.24, 2.45) is 0 Å². The second kappa shape index (κ2) is 8.16. The van der Waals surface area contributed by atoms with Gasteiger partial charge in [0.2, 0.25) is 0 Å². The van der Waals surface area contributed by atoms with Gasteiger partial charge in [0.25, 0.3) is 0 Å². The summed E-state index contributed by atoms with van der Waals surface area (Å²) in [6, 6.07) is 56.2. The fraction of sp³-hybridized carbons (Fsp3) is 0.0526. The van der Waals surface area contributed by atoms with Crippen LogP contribution in [0.1, 0.15) is 33.7 Å². The SMILES string of the molecule is c1ccc(-c2cccc3c2C(C2(c4ccccc4)c4ccccc4-c4ccccc42)c2ccccc2-3)cc1. The van der Waals surface area contributed by atoms with Crippen molar-refractivity contribution in [2.45, 2.75) is 11.3 Å². The largest absolute Gasteiger partial charge is 0.0622 e. The van der Waals surface area contributed by atoms with Gasteiger partial charge in [0.05, 0.1) is 5.41 Å². The fourth-order valence-corrected chi connectivity index (χ4v) is 7.34. The Bertz CT molecular complexity index is 1770. The molecule has 0 heteroatoms. The third kappa shape index (κ3) is 2.75. The Balaban J connectivity index is 1.57. The highest BCUT2D eigenvalue weighted by Gasteiger charge is 2.54. The van der Waals surface area contributed by atoms with E-state index in [0.29, 0.717) is 0 Å². The predicted octanol–water partition coefficient (Wildman–Crippen LogP) is 9.48. The first-order chi connectivity index (χ1) is 18.9. The molecule has 0 nitrogen and oxygen atoms in total. The summed E-state index contributed by atoms with van der Waals surface area (Å²) in [6.45, 7) is 0. The summed E-state index contributed by atoms with van der Waals surface area (Å²) in [7, 11) is 0. The number of hydrogen-bond acceptors (Lipinski definition) is 0. The highest BCUT2D eigenvalue weighted by atomic mass is 14.5. The Hall–Kier alpha value is -4.68. The van der Waals surface area contributed by atoms with Crippen LogP contribution in [-0.2, 0) is 5.41 Å². The molecule has 2 aliphatic rings. The maximum Gasteiger partial charge on any atom is 0.0573 e. The molecule has 6 aromatic rings. The predicted molar refractivity (Wildman–Crippen MR) is 157 cm³/mol. The number of benzene rings is 6. The van der Waals surface area contributed by atoms with Gasteiger partial charge in [-0.3, -0.25) is 0 Å². The van der Waals surface area contributed by atoms with Crippen LogP contribution in [0.3, 0.4) is 0 Å². The Morgan fingerprint density at radius 1 is 0.368 bits per heavy atom. The molecule has 1 atom stereocenters. The quantitative estimate of drug-likeness (QED) is 0.236. The maximum absolute atomic E-state index is 2.37. The molecule has 0 bridgehead atoms. The van der Waals surface area contributed by atoms with Crippen LogP contribution in [0.5, 0.6) is 0 Å². The van der Waals surface area contributed by atoms with E-state index < -0.39 is 0 Å². The lowest BCUT2D eigenvalue weighted by atomic mass is 9.60. The van der Waals surface area contributed by atoms with Gasteiger partial charge in [-0.05, 0) is 61.2 Å². The van der Waals surface area contributed by atoms with Crippen LogP contribution in [0.15, 0.2) is 152 Å². The van der Waals surface area contributed by atoms with Crippen LogP contribution in [0.4, 0.5) is 0 Å². The Morgan fingerprint density at radius 3 is 1.55 bits per heavy atom. The van der Waals surface area contributed by atoms with Gasteiger partial charge in [-0.2, -0.15) is 0 Å². The van der Waals surface area contributed by atoms with E-state index in [2.05, 4.69) is 152 Å². The molecule has 0 saturated carbocycles. The Kier molecular flexibility index (Phi) is 4.60. The molecule has 0 amide bonds. The molecule has 0 N–H and O–H groups in total. The molecule has 6 aromatic carbocycles. The van der Waals surface area contributed by atoms with Crippen molar-refractivity contribution in [1.82, 2.24) is 0 Å². The molecule has 0 heterocycles. The third-order valence-electron chi connectivity index (χ3n) is 8.70. The van der Waals surface area contributed by atoms with E-state index in [1.165, 1.54) is 61.2 Å². The van der Waals surface area contributed by atoms with Gasteiger partial charge in [0.1, 0.15) is 0 Å². The molecular formula is C38H26. The molecule has 0 spiro atoms. The average molecular weight is 483 g/mol. The Morgan fingerprint density at radius 2 is 0.868 bits per heavy atom. The first-order valence-corrected chi connectivity index (χ1v) is 13.4. The Labute approximate surface area is 223 Å². The van der Waals surface area contributed by atoms with Crippen molar-refractivity contribution in [3.8, 4) is 33.4 Å². The highest BCUT2D eigenvalue weighted by Crippen LogP contribution is 2.65. The van der Waals surface area contributed by atoms with E-state index in [-0.39, 0.29) is 11.3 Å². The molecule has 0 radical (unpaired) electrons. The van der Waals surface area contributed by atoms with Gasteiger partial charge in [-0.25, -0.2) is 0 Å². The molecule has 0 aromatic heterocycles. The highest BCUT2D eigenvalue weighted by molar-refractivity contribution is 5.92. The minimum atomic E-state index is -0.360. The van der Waals surface area contributed by atoms with Crippen LogP contribution in [0.25, 0.3) is 33.4 Å². The van der Waals surface area contributed by atoms with Crippen LogP contribution >= 0.6 is 0 Å². The van der Waals surface area contributed by atoms with Gasteiger partial charge in [-0.1, -0.05) is 152 Å². The molecule has 1 unspecified atom stereocenters. The topological polar surface area (TPSA) is 0 Å².